The fraction of sp³-hybridized carbons (Fsp3) is 0.769. The second-order valence-electron chi connectivity index (χ2n) is 4.72. The Morgan fingerprint density at radius 2 is 2.21 bits per heavy atom. The number of hydrogen-bond acceptors (Lipinski definition) is 4. The van der Waals surface area contributed by atoms with E-state index in [2.05, 4.69) is 24.2 Å². The Labute approximate surface area is 113 Å². The Morgan fingerprint density at radius 3 is 2.74 bits per heavy atom. The van der Waals surface area contributed by atoms with Gasteiger partial charge in [0.25, 0.3) is 0 Å². The third-order valence-corrected chi connectivity index (χ3v) is 3.30. The highest BCUT2D eigenvalue weighted by atomic mass is 16.5. The van der Waals surface area contributed by atoms with Crippen LogP contribution in [0.3, 0.4) is 0 Å². The lowest BCUT2D eigenvalue weighted by atomic mass is 9.99. The molecule has 0 spiro atoms. The van der Waals surface area contributed by atoms with Crippen LogP contribution in [-0.4, -0.2) is 33.2 Å². The monoisotopic (exact) mass is 269 g/mol. The van der Waals surface area contributed by atoms with Crippen molar-refractivity contribution in [2.75, 3.05) is 7.11 Å². The molecule has 1 heterocycles. The van der Waals surface area contributed by atoms with Crippen molar-refractivity contribution < 1.29 is 14.6 Å². The van der Waals surface area contributed by atoms with E-state index in [0.29, 0.717) is 18.2 Å². The molecular weight excluding hydrogens is 246 g/mol. The summed E-state index contributed by atoms with van der Waals surface area (Å²) in [6.07, 6.45) is 4.52. The van der Waals surface area contributed by atoms with E-state index < -0.39 is 5.97 Å². The first kappa shape index (κ1) is 15.6. The number of methoxy groups -OCH3 is 1. The second kappa shape index (κ2) is 7.89. The minimum absolute atomic E-state index is 0.00723. The maximum absolute atomic E-state index is 11.1. The number of carboxylic acids is 1. The van der Waals surface area contributed by atoms with Crippen molar-refractivity contribution >= 4 is 5.97 Å². The average molecular weight is 269 g/mol. The van der Waals surface area contributed by atoms with Gasteiger partial charge < -0.3 is 9.84 Å². The van der Waals surface area contributed by atoms with Crippen LogP contribution < -0.4 is 0 Å². The van der Waals surface area contributed by atoms with Gasteiger partial charge in [-0.05, 0) is 12.3 Å². The predicted octanol–water partition coefficient (Wildman–Crippen LogP) is 2.34. The van der Waals surface area contributed by atoms with Crippen LogP contribution in [0.5, 0.6) is 0 Å². The molecule has 0 fully saturated rings. The van der Waals surface area contributed by atoms with Gasteiger partial charge in [0.2, 0.25) is 0 Å². The first-order chi connectivity index (χ1) is 9.13. The minimum atomic E-state index is -1.06. The summed E-state index contributed by atoms with van der Waals surface area (Å²) in [7, 11) is 1.54. The van der Waals surface area contributed by atoms with Gasteiger partial charge in [-0.3, -0.25) is 0 Å². The van der Waals surface area contributed by atoms with Gasteiger partial charge >= 0.3 is 5.97 Å². The molecule has 0 aliphatic heterocycles. The Balaban J connectivity index is 2.83. The number of carboxylic acid groups (broad SMARTS) is 1. The first-order valence-electron chi connectivity index (χ1n) is 6.78. The largest absolute Gasteiger partial charge is 0.476 e. The van der Waals surface area contributed by atoms with Crippen LogP contribution in [-0.2, 0) is 17.9 Å². The smallest absolute Gasteiger partial charge is 0.358 e. The van der Waals surface area contributed by atoms with Crippen LogP contribution in [0.15, 0.2) is 0 Å². The zero-order valence-electron chi connectivity index (χ0n) is 11.9. The van der Waals surface area contributed by atoms with E-state index in [1.54, 1.807) is 4.68 Å². The van der Waals surface area contributed by atoms with Gasteiger partial charge in [0.15, 0.2) is 5.69 Å². The molecule has 0 aliphatic carbocycles. The normalized spacial score (nSPS) is 12.6. The molecule has 1 N–H and O–H groups in total. The van der Waals surface area contributed by atoms with E-state index in [0.717, 1.165) is 12.8 Å². The Bertz CT molecular complexity index is 404. The van der Waals surface area contributed by atoms with Gasteiger partial charge in [0.1, 0.15) is 0 Å². The molecular formula is C13H23N3O3. The molecule has 1 atom stereocenters. The fourth-order valence-electron chi connectivity index (χ4n) is 2.09. The summed E-state index contributed by atoms with van der Waals surface area (Å²) in [5, 5.41) is 16.8. The van der Waals surface area contributed by atoms with Crippen molar-refractivity contribution in [3.63, 3.8) is 0 Å². The van der Waals surface area contributed by atoms with Crippen molar-refractivity contribution in [2.45, 2.75) is 52.7 Å². The Hall–Kier alpha value is -1.43. The zero-order valence-corrected chi connectivity index (χ0v) is 11.9. The fourth-order valence-corrected chi connectivity index (χ4v) is 2.09. The lowest BCUT2D eigenvalue weighted by Gasteiger charge is -2.15. The van der Waals surface area contributed by atoms with Gasteiger partial charge in [-0.2, -0.15) is 0 Å². The molecule has 0 radical (unpaired) electrons. The molecule has 0 aromatic carbocycles. The summed E-state index contributed by atoms with van der Waals surface area (Å²) in [6, 6.07) is 0. The second-order valence-corrected chi connectivity index (χ2v) is 4.72. The third-order valence-electron chi connectivity index (χ3n) is 3.30. The van der Waals surface area contributed by atoms with Crippen LogP contribution >= 0.6 is 0 Å². The number of rotatable bonds is 9. The summed E-state index contributed by atoms with van der Waals surface area (Å²) in [5.74, 6) is -0.557. The summed E-state index contributed by atoms with van der Waals surface area (Å²) < 4.78 is 6.73. The molecule has 1 aromatic heterocycles. The molecule has 0 saturated carbocycles. The number of nitrogens with zero attached hydrogens (tertiary/aromatic N) is 3. The van der Waals surface area contributed by atoms with E-state index >= 15 is 0 Å². The summed E-state index contributed by atoms with van der Waals surface area (Å²) in [5.41, 5.74) is 0.539. The Kier molecular flexibility index (Phi) is 6.49. The first-order valence-corrected chi connectivity index (χ1v) is 6.78. The van der Waals surface area contributed by atoms with Crippen LogP contribution in [0.2, 0.25) is 0 Å². The van der Waals surface area contributed by atoms with E-state index in [1.807, 2.05) is 0 Å². The highest BCUT2D eigenvalue weighted by Gasteiger charge is 2.20. The molecule has 6 nitrogen and oxygen atoms in total. The maximum atomic E-state index is 11.1. The van der Waals surface area contributed by atoms with Crippen molar-refractivity contribution in [3.8, 4) is 0 Å². The van der Waals surface area contributed by atoms with Crippen LogP contribution in [0.25, 0.3) is 0 Å². The predicted molar refractivity (Wildman–Crippen MR) is 71.0 cm³/mol. The Morgan fingerprint density at radius 1 is 1.47 bits per heavy atom. The van der Waals surface area contributed by atoms with Crippen LogP contribution in [0.4, 0.5) is 0 Å². The maximum Gasteiger partial charge on any atom is 0.358 e. The zero-order chi connectivity index (χ0) is 14.3. The number of ether oxygens (including phenoxy) is 1. The third kappa shape index (κ3) is 4.31. The van der Waals surface area contributed by atoms with Gasteiger partial charge in [-0.15, -0.1) is 5.10 Å². The lowest BCUT2D eigenvalue weighted by Crippen LogP contribution is -2.15. The summed E-state index contributed by atoms with van der Waals surface area (Å²) >= 11 is 0. The number of hydrogen-bond donors (Lipinski definition) is 1. The molecule has 0 saturated heterocycles. The minimum Gasteiger partial charge on any atom is -0.476 e. The van der Waals surface area contributed by atoms with E-state index in [9.17, 15) is 4.79 Å². The van der Waals surface area contributed by atoms with E-state index in [1.165, 1.54) is 20.0 Å². The quantitative estimate of drug-likeness (QED) is 0.744. The van der Waals surface area contributed by atoms with Crippen molar-refractivity contribution in [3.05, 3.63) is 11.4 Å². The molecule has 108 valence electrons. The highest BCUT2D eigenvalue weighted by molar-refractivity contribution is 5.86. The van der Waals surface area contributed by atoms with Crippen molar-refractivity contribution in [1.82, 2.24) is 15.0 Å². The molecule has 1 unspecified atom stereocenters. The van der Waals surface area contributed by atoms with Gasteiger partial charge in [0.05, 0.1) is 12.3 Å². The van der Waals surface area contributed by atoms with Crippen LogP contribution in [0.1, 0.15) is 55.7 Å². The van der Waals surface area contributed by atoms with Crippen LogP contribution in [0, 0.1) is 5.92 Å². The molecule has 6 heteroatoms. The van der Waals surface area contributed by atoms with E-state index in [-0.39, 0.29) is 12.3 Å². The summed E-state index contributed by atoms with van der Waals surface area (Å²) in [4.78, 5) is 11.1. The standard InChI is InChI=1S/C13H23N3O3/c1-4-6-7-10(5-2)8-16-11(9-19-3)12(13(17)18)14-15-16/h10H,4-9H2,1-3H3,(H,17,18). The molecule has 19 heavy (non-hydrogen) atoms. The number of unbranched alkanes of at least 4 members (excludes halogenated alkanes) is 1. The number of aromatic nitrogens is 3. The number of carbonyl (C=O) groups is 1. The number of aromatic carboxylic acids is 1. The van der Waals surface area contributed by atoms with Gasteiger partial charge in [-0.1, -0.05) is 38.3 Å². The molecule has 0 amide bonds. The van der Waals surface area contributed by atoms with Crippen molar-refractivity contribution in [2.24, 2.45) is 5.92 Å². The lowest BCUT2D eigenvalue weighted by molar-refractivity contribution is 0.0684. The highest BCUT2D eigenvalue weighted by Crippen LogP contribution is 2.17. The molecule has 1 aromatic rings. The average Bonchev–Trinajstić information content (AvgIpc) is 2.78. The van der Waals surface area contributed by atoms with E-state index in [4.69, 9.17) is 9.84 Å². The molecule has 0 aliphatic rings. The summed E-state index contributed by atoms with van der Waals surface area (Å²) in [6.45, 7) is 5.24. The van der Waals surface area contributed by atoms with Gasteiger partial charge in [0, 0.05) is 13.7 Å². The topological polar surface area (TPSA) is 77.2 Å². The SMILES string of the molecule is CCCCC(CC)Cn1nnc(C(=O)O)c1COC. The molecule has 0 bridgehead atoms. The van der Waals surface area contributed by atoms with Gasteiger partial charge in [-0.25, -0.2) is 9.48 Å². The van der Waals surface area contributed by atoms with Crippen molar-refractivity contribution in [1.29, 1.82) is 0 Å². The molecule has 1 rings (SSSR count).